The monoisotopic (exact) mass is 164 g/mol. The number of hydrogen-bond donors (Lipinski definition) is 1. The molecule has 0 fully saturated rings. The highest BCUT2D eigenvalue weighted by molar-refractivity contribution is 5.13. The molecule has 0 aliphatic carbocycles. The van der Waals surface area contributed by atoms with Gasteiger partial charge in [-0.25, -0.2) is 0 Å². The molecule has 0 saturated heterocycles. The van der Waals surface area contributed by atoms with Gasteiger partial charge in [-0.05, 0) is 23.2 Å². The van der Waals surface area contributed by atoms with E-state index in [1.807, 2.05) is 0 Å². The first-order valence-corrected chi connectivity index (χ1v) is 3.43. The van der Waals surface area contributed by atoms with Crippen LogP contribution >= 0.6 is 0 Å². The molecule has 0 aliphatic heterocycles. The van der Waals surface area contributed by atoms with E-state index in [0.29, 0.717) is 5.56 Å². The summed E-state index contributed by atoms with van der Waals surface area (Å²) in [6.07, 6.45) is 2.42. The van der Waals surface area contributed by atoms with Crippen molar-refractivity contribution in [2.45, 2.75) is 6.10 Å². The highest BCUT2D eigenvalue weighted by Crippen LogP contribution is 2.10. The molecule has 0 spiro atoms. The Morgan fingerprint density at radius 3 is 2.83 bits per heavy atom. The van der Waals surface area contributed by atoms with E-state index in [-0.39, 0.29) is 6.54 Å². The molecule has 62 valence electrons. The molecule has 0 aliphatic rings. The van der Waals surface area contributed by atoms with E-state index in [9.17, 15) is 5.11 Å². The fourth-order valence-electron chi connectivity index (χ4n) is 0.805. The molecule has 5 nitrogen and oxygen atoms in total. The largest absolute Gasteiger partial charge is 0.388 e. The normalized spacial score (nSPS) is 11.8. The van der Waals surface area contributed by atoms with E-state index in [1.54, 1.807) is 24.5 Å². The Labute approximate surface area is 69.3 Å². The minimum atomic E-state index is -0.733. The van der Waals surface area contributed by atoms with Crippen molar-refractivity contribution in [3.05, 3.63) is 40.5 Å². The first kappa shape index (κ1) is 8.52. The van der Waals surface area contributed by atoms with Gasteiger partial charge in [0, 0.05) is 17.3 Å². The molecular formula is C7H8N4O. The summed E-state index contributed by atoms with van der Waals surface area (Å²) in [4.78, 5) is 6.34. The summed E-state index contributed by atoms with van der Waals surface area (Å²) >= 11 is 0. The minimum absolute atomic E-state index is 0.0561. The topological polar surface area (TPSA) is 81.9 Å². The molecule has 0 saturated carbocycles. The highest BCUT2D eigenvalue weighted by atomic mass is 16.3. The van der Waals surface area contributed by atoms with Crippen molar-refractivity contribution >= 4 is 0 Å². The third-order valence-electron chi connectivity index (χ3n) is 1.41. The Bertz CT molecular complexity index is 281. The SMILES string of the molecule is [N-]=[N+]=NC[C@H](O)c1ccncc1. The summed E-state index contributed by atoms with van der Waals surface area (Å²) < 4.78 is 0. The maximum absolute atomic E-state index is 9.36. The average Bonchev–Trinajstić information content (AvgIpc) is 2.15. The maximum Gasteiger partial charge on any atom is 0.0847 e. The van der Waals surface area contributed by atoms with Crippen LogP contribution in [0.3, 0.4) is 0 Å². The van der Waals surface area contributed by atoms with Gasteiger partial charge in [-0.2, -0.15) is 0 Å². The number of nitrogens with zero attached hydrogens (tertiary/aromatic N) is 4. The van der Waals surface area contributed by atoms with E-state index < -0.39 is 6.10 Å². The number of hydrogen-bond acceptors (Lipinski definition) is 3. The third kappa shape index (κ3) is 2.23. The second-order valence-corrected chi connectivity index (χ2v) is 2.21. The molecule has 0 bridgehead atoms. The first-order chi connectivity index (χ1) is 5.84. The number of pyridine rings is 1. The van der Waals surface area contributed by atoms with Crippen LogP contribution in [0.5, 0.6) is 0 Å². The van der Waals surface area contributed by atoms with Crippen LogP contribution in [0.25, 0.3) is 10.4 Å². The van der Waals surface area contributed by atoms with Gasteiger partial charge in [-0.1, -0.05) is 5.11 Å². The minimum Gasteiger partial charge on any atom is -0.388 e. The molecule has 0 unspecified atom stereocenters. The molecule has 1 aromatic rings. The molecule has 1 rings (SSSR count). The lowest BCUT2D eigenvalue weighted by Crippen LogP contribution is -2.00. The van der Waals surface area contributed by atoms with Gasteiger partial charge in [0.25, 0.3) is 0 Å². The number of aliphatic hydroxyl groups excluding tert-OH is 1. The molecule has 0 radical (unpaired) electrons. The predicted molar refractivity (Wildman–Crippen MR) is 43.2 cm³/mol. The van der Waals surface area contributed by atoms with Gasteiger partial charge < -0.3 is 5.11 Å². The zero-order chi connectivity index (χ0) is 8.81. The summed E-state index contributed by atoms with van der Waals surface area (Å²) in [5, 5.41) is 12.6. The Morgan fingerprint density at radius 2 is 2.25 bits per heavy atom. The predicted octanol–water partition coefficient (Wildman–Crippen LogP) is 1.43. The summed E-state index contributed by atoms with van der Waals surface area (Å²) in [5.74, 6) is 0. The quantitative estimate of drug-likeness (QED) is 0.416. The lowest BCUT2D eigenvalue weighted by molar-refractivity contribution is 0.186. The van der Waals surface area contributed by atoms with E-state index in [2.05, 4.69) is 15.0 Å². The lowest BCUT2D eigenvalue weighted by Gasteiger charge is -2.05. The van der Waals surface area contributed by atoms with Crippen molar-refractivity contribution in [1.82, 2.24) is 4.98 Å². The van der Waals surface area contributed by atoms with Gasteiger partial charge in [-0.3, -0.25) is 4.98 Å². The molecule has 5 heteroatoms. The van der Waals surface area contributed by atoms with E-state index in [0.717, 1.165) is 0 Å². The van der Waals surface area contributed by atoms with Crippen LogP contribution in [0.2, 0.25) is 0 Å². The van der Waals surface area contributed by atoms with Crippen molar-refractivity contribution in [1.29, 1.82) is 0 Å². The zero-order valence-electron chi connectivity index (χ0n) is 6.33. The van der Waals surface area contributed by atoms with Gasteiger partial charge >= 0.3 is 0 Å². The Kier molecular flexibility index (Phi) is 3.07. The van der Waals surface area contributed by atoms with Crippen LogP contribution in [0.1, 0.15) is 11.7 Å². The fraction of sp³-hybridized carbons (Fsp3) is 0.286. The zero-order valence-corrected chi connectivity index (χ0v) is 6.33. The number of aromatic nitrogens is 1. The molecular weight excluding hydrogens is 156 g/mol. The van der Waals surface area contributed by atoms with Crippen LogP contribution in [0, 0.1) is 0 Å². The average molecular weight is 164 g/mol. The van der Waals surface area contributed by atoms with Crippen molar-refractivity contribution in [2.75, 3.05) is 6.54 Å². The summed E-state index contributed by atoms with van der Waals surface area (Å²) in [7, 11) is 0. The van der Waals surface area contributed by atoms with Gasteiger partial charge in [0.15, 0.2) is 0 Å². The molecule has 1 heterocycles. The molecule has 1 aromatic heterocycles. The maximum atomic E-state index is 9.36. The molecule has 12 heavy (non-hydrogen) atoms. The standard InChI is InChI=1S/C7H8N4O/c8-11-10-5-7(12)6-1-3-9-4-2-6/h1-4,7,12H,5H2/t7-/m0/s1. The summed E-state index contributed by atoms with van der Waals surface area (Å²) in [6, 6.07) is 3.36. The molecule has 0 aromatic carbocycles. The fourth-order valence-corrected chi connectivity index (χ4v) is 0.805. The molecule has 1 N–H and O–H groups in total. The third-order valence-corrected chi connectivity index (χ3v) is 1.41. The Balaban J connectivity index is 2.65. The van der Waals surface area contributed by atoms with Crippen LogP contribution in [-0.4, -0.2) is 16.6 Å². The van der Waals surface area contributed by atoms with Crippen LogP contribution in [0.15, 0.2) is 29.6 Å². The smallest absolute Gasteiger partial charge is 0.0847 e. The second-order valence-electron chi connectivity index (χ2n) is 2.21. The second kappa shape index (κ2) is 4.33. The van der Waals surface area contributed by atoms with Crippen molar-refractivity contribution in [2.24, 2.45) is 5.11 Å². The van der Waals surface area contributed by atoms with Crippen LogP contribution in [-0.2, 0) is 0 Å². The van der Waals surface area contributed by atoms with Gasteiger partial charge in [0.1, 0.15) is 0 Å². The van der Waals surface area contributed by atoms with Gasteiger partial charge in [-0.15, -0.1) is 0 Å². The van der Waals surface area contributed by atoms with Gasteiger partial charge in [0.05, 0.1) is 12.6 Å². The highest BCUT2D eigenvalue weighted by Gasteiger charge is 2.03. The molecule has 0 amide bonds. The summed E-state index contributed by atoms with van der Waals surface area (Å²) in [5.41, 5.74) is 8.70. The van der Waals surface area contributed by atoms with Crippen molar-refractivity contribution < 1.29 is 5.11 Å². The Morgan fingerprint density at radius 1 is 1.58 bits per heavy atom. The number of aliphatic hydroxyl groups is 1. The number of rotatable bonds is 3. The van der Waals surface area contributed by atoms with Crippen molar-refractivity contribution in [3.63, 3.8) is 0 Å². The van der Waals surface area contributed by atoms with Crippen molar-refractivity contribution in [3.8, 4) is 0 Å². The van der Waals surface area contributed by atoms with Crippen LogP contribution < -0.4 is 0 Å². The van der Waals surface area contributed by atoms with Crippen LogP contribution in [0.4, 0.5) is 0 Å². The van der Waals surface area contributed by atoms with E-state index >= 15 is 0 Å². The van der Waals surface area contributed by atoms with E-state index in [1.165, 1.54) is 0 Å². The first-order valence-electron chi connectivity index (χ1n) is 3.43. The van der Waals surface area contributed by atoms with E-state index in [4.69, 9.17) is 5.53 Å². The van der Waals surface area contributed by atoms with Gasteiger partial charge in [0.2, 0.25) is 0 Å². The summed E-state index contributed by atoms with van der Waals surface area (Å²) in [6.45, 7) is 0.0561. The molecule has 1 atom stereocenters. The Hall–Kier alpha value is -1.58. The number of azide groups is 1. The lowest BCUT2D eigenvalue weighted by atomic mass is 10.1.